The molecule has 120 valence electrons. The third-order valence-corrected chi connectivity index (χ3v) is 3.11. The highest BCUT2D eigenvalue weighted by Crippen LogP contribution is 2.30. The summed E-state index contributed by atoms with van der Waals surface area (Å²) in [6, 6.07) is 12.1. The molecular formula is C18H19NO4. The van der Waals surface area contributed by atoms with Crippen LogP contribution in [0.25, 0.3) is 0 Å². The molecule has 0 aliphatic carbocycles. The normalized spacial score (nSPS) is 9.83. The maximum Gasteiger partial charge on any atom is 0.255 e. The number of benzene rings is 2. The van der Waals surface area contributed by atoms with E-state index in [1.54, 1.807) is 62.8 Å². The molecule has 5 nitrogen and oxygen atoms in total. The highest BCUT2D eigenvalue weighted by Gasteiger charge is 2.10. The molecule has 0 fully saturated rings. The zero-order valence-electron chi connectivity index (χ0n) is 13.2. The van der Waals surface area contributed by atoms with Crippen LogP contribution in [0, 0.1) is 0 Å². The van der Waals surface area contributed by atoms with Crippen molar-refractivity contribution < 1.29 is 19.0 Å². The van der Waals surface area contributed by atoms with Crippen molar-refractivity contribution >= 4 is 11.6 Å². The van der Waals surface area contributed by atoms with Crippen LogP contribution in [0.3, 0.4) is 0 Å². The third-order valence-electron chi connectivity index (χ3n) is 3.11. The molecule has 2 rings (SSSR count). The first-order chi connectivity index (χ1) is 11.2. The molecule has 23 heavy (non-hydrogen) atoms. The van der Waals surface area contributed by atoms with Crippen LogP contribution in [0.4, 0.5) is 5.69 Å². The van der Waals surface area contributed by atoms with Crippen molar-refractivity contribution in [3.8, 4) is 17.2 Å². The predicted molar refractivity (Wildman–Crippen MR) is 89.6 cm³/mol. The summed E-state index contributed by atoms with van der Waals surface area (Å²) in [5, 5.41) is 2.82. The van der Waals surface area contributed by atoms with Crippen LogP contribution in [-0.4, -0.2) is 26.7 Å². The quantitative estimate of drug-likeness (QED) is 0.795. The van der Waals surface area contributed by atoms with Crippen LogP contribution in [0.5, 0.6) is 17.2 Å². The number of rotatable bonds is 7. The van der Waals surface area contributed by atoms with Gasteiger partial charge in [0.15, 0.2) is 11.5 Å². The maximum atomic E-state index is 12.3. The first-order valence-electron chi connectivity index (χ1n) is 7.05. The van der Waals surface area contributed by atoms with Gasteiger partial charge in [0, 0.05) is 17.3 Å². The summed E-state index contributed by atoms with van der Waals surface area (Å²) in [5.41, 5.74) is 1.12. The molecule has 0 saturated heterocycles. The SMILES string of the molecule is C=CCOc1cccc(C(=O)Nc2ccc(OC)c(OC)c2)c1. The lowest BCUT2D eigenvalue weighted by molar-refractivity contribution is 0.102. The van der Waals surface area contributed by atoms with Crippen molar-refractivity contribution in [2.45, 2.75) is 0 Å². The van der Waals surface area contributed by atoms with Crippen molar-refractivity contribution in [3.05, 3.63) is 60.7 Å². The zero-order valence-corrected chi connectivity index (χ0v) is 13.2. The van der Waals surface area contributed by atoms with E-state index in [0.29, 0.717) is 35.1 Å². The Kier molecular flexibility index (Phi) is 5.63. The molecule has 0 heterocycles. The molecule has 0 spiro atoms. The third kappa shape index (κ3) is 4.26. The molecule has 5 heteroatoms. The van der Waals surface area contributed by atoms with Crippen molar-refractivity contribution in [3.63, 3.8) is 0 Å². The van der Waals surface area contributed by atoms with E-state index >= 15 is 0 Å². The molecule has 0 aliphatic heterocycles. The van der Waals surface area contributed by atoms with Crippen LogP contribution >= 0.6 is 0 Å². The van der Waals surface area contributed by atoms with Gasteiger partial charge in [0.2, 0.25) is 0 Å². The molecule has 0 bridgehead atoms. The number of carbonyl (C=O) groups excluding carboxylic acids is 1. The number of amides is 1. The summed E-state index contributed by atoms with van der Waals surface area (Å²) in [6.07, 6.45) is 1.65. The molecule has 2 aromatic carbocycles. The van der Waals surface area contributed by atoms with Crippen molar-refractivity contribution in [1.29, 1.82) is 0 Å². The largest absolute Gasteiger partial charge is 0.493 e. The summed E-state index contributed by atoms with van der Waals surface area (Å²) in [4.78, 5) is 12.3. The lowest BCUT2D eigenvalue weighted by Crippen LogP contribution is -2.12. The average molecular weight is 313 g/mol. The Morgan fingerprint density at radius 2 is 1.91 bits per heavy atom. The van der Waals surface area contributed by atoms with Gasteiger partial charge < -0.3 is 19.5 Å². The Morgan fingerprint density at radius 3 is 2.61 bits per heavy atom. The number of ether oxygens (including phenoxy) is 3. The van der Waals surface area contributed by atoms with Gasteiger partial charge in [-0.05, 0) is 30.3 Å². The van der Waals surface area contributed by atoms with E-state index < -0.39 is 0 Å². The first-order valence-corrected chi connectivity index (χ1v) is 7.05. The van der Waals surface area contributed by atoms with E-state index in [0.717, 1.165) is 0 Å². The Bertz CT molecular complexity index is 697. The monoisotopic (exact) mass is 313 g/mol. The second-order valence-electron chi connectivity index (χ2n) is 4.65. The molecule has 2 aromatic rings. The van der Waals surface area contributed by atoms with E-state index in [4.69, 9.17) is 14.2 Å². The molecule has 0 radical (unpaired) electrons. The molecule has 1 N–H and O–H groups in total. The number of carbonyl (C=O) groups is 1. The van der Waals surface area contributed by atoms with Gasteiger partial charge in [-0.2, -0.15) is 0 Å². The smallest absolute Gasteiger partial charge is 0.255 e. The first kappa shape index (κ1) is 16.4. The molecule has 0 atom stereocenters. The van der Waals surface area contributed by atoms with Gasteiger partial charge in [0.05, 0.1) is 14.2 Å². The van der Waals surface area contributed by atoms with Crippen LogP contribution < -0.4 is 19.5 Å². The molecule has 0 unspecified atom stereocenters. The molecule has 0 aliphatic rings. The topological polar surface area (TPSA) is 56.8 Å². The van der Waals surface area contributed by atoms with E-state index in [9.17, 15) is 4.79 Å². The van der Waals surface area contributed by atoms with Gasteiger partial charge in [-0.25, -0.2) is 0 Å². The van der Waals surface area contributed by atoms with Gasteiger partial charge in [0.1, 0.15) is 12.4 Å². The zero-order chi connectivity index (χ0) is 16.7. The summed E-state index contributed by atoms with van der Waals surface area (Å²) in [6.45, 7) is 3.98. The standard InChI is InChI=1S/C18H19NO4/c1-4-10-23-15-7-5-6-13(11-15)18(20)19-14-8-9-16(21-2)17(12-14)22-3/h4-9,11-12H,1,10H2,2-3H3,(H,19,20). The van der Waals surface area contributed by atoms with E-state index in [1.807, 2.05) is 0 Å². The number of anilines is 1. The maximum absolute atomic E-state index is 12.3. The van der Waals surface area contributed by atoms with E-state index in [1.165, 1.54) is 0 Å². The average Bonchev–Trinajstić information content (AvgIpc) is 2.60. The van der Waals surface area contributed by atoms with Crippen molar-refractivity contribution in [2.75, 3.05) is 26.1 Å². The van der Waals surface area contributed by atoms with Crippen LogP contribution in [0.15, 0.2) is 55.1 Å². The fourth-order valence-corrected chi connectivity index (χ4v) is 2.00. The van der Waals surface area contributed by atoms with Crippen molar-refractivity contribution in [2.24, 2.45) is 0 Å². The fraction of sp³-hybridized carbons (Fsp3) is 0.167. The van der Waals surface area contributed by atoms with Gasteiger partial charge >= 0.3 is 0 Å². The van der Waals surface area contributed by atoms with Crippen LogP contribution in [0.2, 0.25) is 0 Å². The summed E-state index contributed by atoms with van der Waals surface area (Å²) < 4.78 is 15.8. The van der Waals surface area contributed by atoms with Gasteiger partial charge in [-0.1, -0.05) is 18.7 Å². The number of nitrogens with one attached hydrogen (secondary N) is 1. The minimum absolute atomic E-state index is 0.235. The number of hydrogen-bond donors (Lipinski definition) is 1. The second-order valence-corrected chi connectivity index (χ2v) is 4.65. The minimum atomic E-state index is -0.235. The van der Waals surface area contributed by atoms with Crippen LogP contribution in [0.1, 0.15) is 10.4 Å². The van der Waals surface area contributed by atoms with E-state index in [2.05, 4.69) is 11.9 Å². The predicted octanol–water partition coefficient (Wildman–Crippen LogP) is 3.52. The molecule has 1 amide bonds. The molecule has 0 saturated carbocycles. The Balaban J connectivity index is 2.14. The molecular weight excluding hydrogens is 294 g/mol. The lowest BCUT2D eigenvalue weighted by atomic mass is 10.2. The molecule has 0 aromatic heterocycles. The Hall–Kier alpha value is -2.95. The second kappa shape index (κ2) is 7.89. The van der Waals surface area contributed by atoms with Gasteiger partial charge in [-0.3, -0.25) is 4.79 Å². The number of methoxy groups -OCH3 is 2. The van der Waals surface area contributed by atoms with E-state index in [-0.39, 0.29) is 5.91 Å². The highest BCUT2D eigenvalue weighted by molar-refractivity contribution is 6.04. The Labute approximate surface area is 135 Å². The minimum Gasteiger partial charge on any atom is -0.493 e. The summed E-state index contributed by atoms with van der Waals surface area (Å²) >= 11 is 0. The van der Waals surface area contributed by atoms with Crippen molar-refractivity contribution in [1.82, 2.24) is 0 Å². The lowest BCUT2D eigenvalue weighted by Gasteiger charge is -2.11. The fourth-order valence-electron chi connectivity index (χ4n) is 2.00. The Morgan fingerprint density at radius 1 is 1.13 bits per heavy atom. The van der Waals surface area contributed by atoms with Gasteiger partial charge in [-0.15, -0.1) is 0 Å². The summed E-state index contributed by atoms with van der Waals surface area (Å²) in [7, 11) is 3.11. The summed E-state index contributed by atoms with van der Waals surface area (Å²) in [5.74, 6) is 1.53. The highest BCUT2D eigenvalue weighted by atomic mass is 16.5. The number of hydrogen-bond acceptors (Lipinski definition) is 4. The van der Waals surface area contributed by atoms with Crippen LogP contribution in [-0.2, 0) is 0 Å². The van der Waals surface area contributed by atoms with Gasteiger partial charge in [0.25, 0.3) is 5.91 Å².